The number of aliphatic hydroxyl groups is 2. The molecule has 5 nitrogen and oxygen atoms in total. The molecule has 2 rings (SSSR count). The Balaban J connectivity index is 2.21. The van der Waals surface area contributed by atoms with Gasteiger partial charge in [0.05, 0.1) is 12.5 Å². The third-order valence-corrected chi connectivity index (χ3v) is 4.41. The molecule has 0 radical (unpaired) electrons. The summed E-state index contributed by atoms with van der Waals surface area (Å²) < 4.78 is 43.0. The van der Waals surface area contributed by atoms with Crippen LogP contribution in [0.5, 0.6) is 0 Å². The Morgan fingerprint density at radius 1 is 1.47 bits per heavy atom. The first-order chi connectivity index (χ1) is 8.66. The average molecular weight is 300 g/mol. The van der Waals surface area contributed by atoms with Crippen molar-refractivity contribution in [1.82, 2.24) is 5.32 Å². The fourth-order valence-electron chi connectivity index (χ4n) is 2.33. The van der Waals surface area contributed by atoms with Crippen molar-refractivity contribution in [3.8, 4) is 0 Å². The van der Waals surface area contributed by atoms with Crippen molar-refractivity contribution in [3.63, 3.8) is 0 Å². The van der Waals surface area contributed by atoms with E-state index in [1.54, 1.807) is 0 Å². The highest BCUT2D eigenvalue weighted by Crippen LogP contribution is 2.43. The highest BCUT2D eigenvalue weighted by atomic mass is 32.2. The van der Waals surface area contributed by atoms with E-state index in [1.807, 2.05) is 0 Å². The van der Waals surface area contributed by atoms with E-state index in [4.69, 9.17) is 4.74 Å². The van der Waals surface area contributed by atoms with Gasteiger partial charge >= 0.3 is 6.18 Å². The van der Waals surface area contributed by atoms with Crippen LogP contribution in [0.2, 0.25) is 0 Å². The number of rotatable bonds is 1. The van der Waals surface area contributed by atoms with Gasteiger partial charge in [-0.2, -0.15) is 13.2 Å². The zero-order valence-corrected chi connectivity index (χ0v) is 11.1. The Morgan fingerprint density at radius 3 is 2.63 bits per heavy atom. The van der Waals surface area contributed by atoms with E-state index in [0.29, 0.717) is 5.17 Å². The summed E-state index contributed by atoms with van der Waals surface area (Å²) in [6.07, 6.45) is -8.78. The van der Waals surface area contributed by atoms with Crippen LogP contribution >= 0.6 is 11.8 Å². The minimum absolute atomic E-state index is 0.470. The lowest BCUT2D eigenvalue weighted by molar-refractivity contribution is -0.253. The van der Waals surface area contributed by atoms with E-state index < -0.39 is 41.9 Å². The first-order valence-corrected chi connectivity index (χ1v) is 6.55. The van der Waals surface area contributed by atoms with Crippen LogP contribution in [0.4, 0.5) is 13.2 Å². The van der Waals surface area contributed by atoms with Crippen molar-refractivity contribution in [2.45, 2.75) is 48.8 Å². The van der Waals surface area contributed by atoms with Crippen LogP contribution in [0.25, 0.3) is 0 Å². The summed E-state index contributed by atoms with van der Waals surface area (Å²) in [6, 6.07) is -0.667. The van der Waals surface area contributed by atoms with E-state index in [1.165, 1.54) is 7.05 Å². The van der Waals surface area contributed by atoms with Gasteiger partial charge in [-0.1, -0.05) is 11.8 Å². The van der Waals surface area contributed by atoms with Gasteiger partial charge in [0.2, 0.25) is 0 Å². The summed E-state index contributed by atoms with van der Waals surface area (Å²) in [5, 5.41) is 23.2. The molecular weight excluding hydrogens is 285 g/mol. The van der Waals surface area contributed by atoms with Gasteiger partial charge < -0.3 is 20.3 Å². The number of thioether (sulfide) groups is 1. The summed E-state index contributed by atoms with van der Waals surface area (Å²) in [5.74, 6) is 0. The van der Waals surface area contributed by atoms with Crippen molar-refractivity contribution >= 4 is 16.9 Å². The predicted octanol–water partition coefficient (Wildman–Crippen LogP) is 0.466. The molecule has 2 aliphatic rings. The molecule has 0 spiro atoms. The third-order valence-electron chi connectivity index (χ3n) is 3.27. The molecule has 0 amide bonds. The van der Waals surface area contributed by atoms with E-state index in [9.17, 15) is 23.4 Å². The molecule has 19 heavy (non-hydrogen) atoms. The molecule has 9 heteroatoms. The number of aliphatic imine (C=N–C) groups is 1. The lowest BCUT2D eigenvalue weighted by atomic mass is 9.85. The molecule has 3 N–H and O–H groups in total. The second-order valence-corrected chi connectivity index (χ2v) is 5.93. The van der Waals surface area contributed by atoms with Gasteiger partial charge in [0.25, 0.3) is 0 Å². The first-order valence-electron chi connectivity index (χ1n) is 5.67. The van der Waals surface area contributed by atoms with Crippen LogP contribution in [0.15, 0.2) is 4.99 Å². The molecular formula is C10H15F3N2O3S. The van der Waals surface area contributed by atoms with Gasteiger partial charge in [0.1, 0.15) is 23.2 Å². The van der Waals surface area contributed by atoms with Crippen molar-refractivity contribution < 1.29 is 28.1 Å². The quantitative estimate of drug-likeness (QED) is 0.656. The Kier molecular flexibility index (Phi) is 3.76. The molecule has 110 valence electrons. The van der Waals surface area contributed by atoms with Crippen LogP contribution in [0.1, 0.15) is 13.3 Å². The van der Waals surface area contributed by atoms with E-state index in [2.05, 4.69) is 10.3 Å². The second kappa shape index (κ2) is 4.80. The Morgan fingerprint density at radius 2 is 2.11 bits per heavy atom. The SMILES string of the molecule is CN=C1NC2C(OC(C)(CC(F)(F)F)C(O)C2O)S1. The highest BCUT2D eigenvalue weighted by molar-refractivity contribution is 8.14. The fraction of sp³-hybridized carbons (Fsp3) is 0.900. The summed E-state index contributed by atoms with van der Waals surface area (Å²) in [5.41, 5.74) is -2.57. The summed E-state index contributed by atoms with van der Waals surface area (Å²) in [4.78, 5) is 3.87. The maximum atomic E-state index is 12.6. The number of hydrogen-bond acceptors (Lipinski definition) is 5. The number of ether oxygens (including phenoxy) is 1. The predicted molar refractivity (Wildman–Crippen MR) is 63.8 cm³/mol. The molecule has 2 fully saturated rings. The van der Waals surface area contributed by atoms with E-state index >= 15 is 0 Å². The number of halogens is 3. The average Bonchev–Trinajstić information content (AvgIpc) is 2.66. The molecule has 2 heterocycles. The lowest BCUT2D eigenvalue weighted by Gasteiger charge is -2.46. The standard InChI is InChI=1S/C10H15F3N2O3S/c1-9(3-10(11,12)13)6(17)5(16)4-7(18-9)19-8(14-2)15-4/h4-7,16-17H,3H2,1-2H3,(H,14,15). The van der Waals surface area contributed by atoms with Gasteiger partial charge in [-0.25, -0.2) is 0 Å². The van der Waals surface area contributed by atoms with Crippen molar-refractivity contribution in [2.75, 3.05) is 7.05 Å². The number of hydrogen-bond donors (Lipinski definition) is 3. The number of alkyl halides is 3. The van der Waals surface area contributed by atoms with E-state index in [-0.39, 0.29) is 0 Å². The van der Waals surface area contributed by atoms with Gasteiger partial charge in [-0.05, 0) is 6.92 Å². The molecule has 0 aromatic carbocycles. The van der Waals surface area contributed by atoms with Crippen LogP contribution in [0, 0.1) is 0 Å². The molecule has 0 aromatic rings. The molecule has 2 saturated heterocycles. The molecule has 0 aliphatic carbocycles. The fourth-order valence-corrected chi connectivity index (χ4v) is 3.50. The summed E-state index contributed by atoms with van der Waals surface area (Å²) in [7, 11) is 1.52. The largest absolute Gasteiger partial charge is 0.391 e. The Bertz CT molecular complexity index is 393. The van der Waals surface area contributed by atoms with Crippen molar-refractivity contribution in [2.24, 2.45) is 4.99 Å². The molecule has 5 unspecified atom stereocenters. The third kappa shape index (κ3) is 2.83. The minimum atomic E-state index is -4.49. The van der Waals surface area contributed by atoms with Crippen LogP contribution in [-0.2, 0) is 4.74 Å². The van der Waals surface area contributed by atoms with Gasteiger partial charge in [0.15, 0.2) is 5.17 Å². The Labute approximate surface area is 112 Å². The number of fused-ring (bicyclic) bond motifs is 1. The zero-order chi connectivity index (χ0) is 14.4. The lowest BCUT2D eigenvalue weighted by Crippen LogP contribution is -2.64. The van der Waals surface area contributed by atoms with Crippen molar-refractivity contribution in [1.29, 1.82) is 0 Å². The first kappa shape index (κ1) is 14.9. The molecule has 2 aliphatic heterocycles. The monoisotopic (exact) mass is 300 g/mol. The Hall–Kier alpha value is -0.510. The maximum Gasteiger partial charge on any atom is 0.391 e. The number of amidine groups is 1. The molecule has 5 atom stereocenters. The summed E-state index contributed by atoms with van der Waals surface area (Å²) >= 11 is 1.11. The van der Waals surface area contributed by atoms with Crippen LogP contribution in [-0.4, -0.2) is 57.9 Å². The molecule has 0 bridgehead atoms. The smallest absolute Gasteiger partial charge is 0.388 e. The zero-order valence-electron chi connectivity index (χ0n) is 10.3. The molecule has 0 saturated carbocycles. The topological polar surface area (TPSA) is 74.1 Å². The second-order valence-electron chi connectivity index (χ2n) is 4.84. The number of nitrogens with zero attached hydrogens (tertiary/aromatic N) is 1. The van der Waals surface area contributed by atoms with Gasteiger partial charge in [0, 0.05) is 7.05 Å². The van der Waals surface area contributed by atoms with Gasteiger partial charge in [-0.3, -0.25) is 4.99 Å². The highest BCUT2D eigenvalue weighted by Gasteiger charge is 2.57. The minimum Gasteiger partial charge on any atom is -0.388 e. The normalized spacial score (nSPS) is 45.1. The van der Waals surface area contributed by atoms with Crippen LogP contribution < -0.4 is 5.32 Å². The van der Waals surface area contributed by atoms with Crippen LogP contribution in [0.3, 0.4) is 0 Å². The van der Waals surface area contributed by atoms with Crippen molar-refractivity contribution in [3.05, 3.63) is 0 Å². The molecule has 0 aromatic heterocycles. The number of aliphatic hydroxyl groups excluding tert-OH is 2. The van der Waals surface area contributed by atoms with E-state index in [0.717, 1.165) is 18.7 Å². The number of nitrogens with one attached hydrogen (secondary N) is 1. The summed E-state index contributed by atoms with van der Waals surface area (Å²) in [6.45, 7) is 1.16. The maximum absolute atomic E-state index is 12.6. The van der Waals surface area contributed by atoms with Gasteiger partial charge in [-0.15, -0.1) is 0 Å².